The van der Waals surface area contributed by atoms with E-state index in [-0.39, 0.29) is 5.41 Å². The quantitative estimate of drug-likeness (QED) is 0.183. The SMILES string of the molecule is CC1(C)c2ccccc2-c2ccc(-c3nc(-c4ccccc4)nc(-c4ccc5c(ccc6ccc7c8ccccc8ccc7c65)c4)n3)cc21. The maximum absolute atomic E-state index is 5.15. The molecular formula is C46H31N3. The van der Waals surface area contributed by atoms with Crippen LogP contribution in [-0.4, -0.2) is 15.0 Å². The van der Waals surface area contributed by atoms with Gasteiger partial charge in [-0.1, -0.05) is 153 Å². The van der Waals surface area contributed by atoms with Gasteiger partial charge >= 0.3 is 0 Å². The van der Waals surface area contributed by atoms with Crippen molar-refractivity contribution in [1.82, 2.24) is 15.0 Å². The average molecular weight is 626 g/mol. The topological polar surface area (TPSA) is 38.7 Å². The lowest BCUT2D eigenvalue weighted by atomic mass is 9.82. The van der Waals surface area contributed by atoms with E-state index in [2.05, 4.69) is 147 Å². The Hall–Kier alpha value is -6.19. The van der Waals surface area contributed by atoms with Gasteiger partial charge in [-0.3, -0.25) is 0 Å². The Morgan fingerprint density at radius 2 is 0.959 bits per heavy atom. The molecule has 0 N–H and O–H groups in total. The molecule has 0 aliphatic heterocycles. The first kappa shape index (κ1) is 27.9. The van der Waals surface area contributed by atoms with Gasteiger partial charge in [-0.15, -0.1) is 0 Å². The van der Waals surface area contributed by atoms with E-state index in [1.54, 1.807) is 0 Å². The van der Waals surface area contributed by atoms with E-state index in [9.17, 15) is 0 Å². The molecule has 230 valence electrons. The van der Waals surface area contributed by atoms with Crippen LogP contribution in [0.4, 0.5) is 0 Å². The number of fused-ring (bicyclic) bond motifs is 10. The van der Waals surface area contributed by atoms with Crippen LogP contribution in [0.15, 0.2) is 152 Å². The molecule has 0 bridgehead atoms. The highest BCUT2D eigenvalue weighted by Crippen LogP contribution is 2.49. The Balaban J connectivity index is 1.15. The fraction of sp³-hybridized carbons (Fsp3) is 0.0652. The molecule has 0 atom stereocenters. The summed E-state index contributed by atoms with van der Waals surface area (Å²) >= 11 is 0. The van der Waals surface area contributed by atoms with Crippen LogP contribution in [0.5, 0.6) is 0 Å². The second-order valence-corrected chi connectivity index (χ2v) is 13.7. The molecule has 0 unspecified atom stereocenters. The van der Waals surface area contributed by atoms with Gasteiger partial charge in [-0.05, 0) is 77.5 Å². The van der Waals surface area contributed by atoms with Gasteiger partial charge in [0.1, 0.15) is 0 Å². The first-order chi connectivity index (χ1) is 24.0. The molecule has 0 fully saturated rings. The van der Waals surface area contributed by atoms with Gasteiger partial charge in [0.05, 0.1) is 0 Å². The van der Waals surface area contributed by atoms with E-state index in [4.69, 9.17) is 15.0 Å². The summed E-state index contributed by atoms with van der Waals surface area (Å²) in [4.78, 5) is 15.3. The molecule has 8 aromatic carbocycles. The molecule has 1 aromatic heterocycles. The van der Waals surface area contributed by atoms with Gasteiger partial charge < -0.3 is 0 Å². The van der Waals surface area contributed by atoms with Crippen LogP contribution in [0.1, 0.15) is 25.0 Å². The molecule has 3 heteroatoms. The lowest BCUT2D eigenvalue weighted by Crippen LogP contribution is -2.15. The van der Waals surface area contributed by atoms with Crippen molar-refractivity contribution in [2.45, 2.75) is 19.3 Å². The summed E-state index contributed by atoms with van der Waals surface area (Å²) in [5.41, 5.74) is 8.05. The molecule has 9 aromatic rings. The lowest BCUT2D eigenvalue weighted by molar-refractivity contribution is 0.660. The van der Waals surface area contributed by atoms with Crippen LogP contribution in [-0.2, 0) is 5.41 Å². The molecule has 1 aliphatic rings. The maximum atomic E-state index is 5.15. The third kappa shape index (κ3) is 4.25. The van der Waals surface area contributed by atoms with Crippen LogP contribution >= 0.6 is 0 Å². The summed E-state index contributed by atoms with van der Waals surface area (Å²) in [7, 11) is 0. The fourth-order valence-electron chi connectivity index (χ4n) is 7.99. The van der Waals surface area contributed by atoms with E-state index < -0.39 is 0 Å². The summed E-state index contributed by atoms with van der Waals surface area (Å²) in [6.07, 6.45) is 0. The van der Waals surface area contributed by atoms with E-state index in [1.807, 2.05) is 18.2 Å². The molecular weight excluding hydrogens is 595 g/mol. The summed E-state index contributed by atoms with van der Waals surface area (Å²) in [6.45, 7) is 4.61. The molecule has 1 aliphatic carbocycles. The van der Waals surface area contributed by atoms with Crippen LogP contribution < -0.4 is 0 Å². The highest BCUT2D eigenvalue weighted by atomic mass is 15.0. The molecule has 3 nitrogen and oxygen atoms in total. The van der Waals surface area contributed by atoms with Gasteiger partial charge in [0, 0.05) is 22.1 Å². The van der Waals surface area contributed by atoms with Gasteiger partial charge in [-0.25, -0.2) is 15.0 Å². The molecule has 10 rings (SSSR count). The molecule has 0 radical (unpaired) electrons. The number of rotatable bonds is 3. The van der Waals surface area contributed by atoms with Crippen molar-refractivity contribution in [3.63, 3.8) is 0 Å². The minimum atomic E-state index is -0.113. The van der Waals surface area contributed by atoms with E-state index in [0.717, 1.165) is 22.1 Å². The van der Waals surface area contributed by atoms with E-state index >= 15 is 0 Å². The van der Waals surface area contributed by atoms with Gasteiger partial charge in [0.2, 0.25) is 0 Å². The van der Waals surface area contributed by atoms with Crippen LogP contribution in [0.25, 0.3) is 88.4 Å². The van der Waals surface area contributed by atoms with Crippen LogP contribution in [0.3, 0.4) is 0 Å². The van der Waals surface area contributed by atoms with Crippen molar-refractivity contribution in [1.29, 1.82) is 0 Å². The Morgan fingerprint density at radius 3 is 1.82 bits per heavy atom. The number of hydrogen-bond donors (Lipinski definition) is 0. The Labute approximate surface area is 284 Å². The average Bonchev–Trinajstić information content (AvgIpc) is 3.39. The molecule has 0 amide bonds. The van der Waals surface area contributed by atoms with Crippen molar-refractivity contribution in [2.24, 2.45) is 0 Å². The number of benzene rings is 8. The number of nitrogens with zero attached hydrogens (tertiary/aromatic N) is 3. The minimum Gasteiger partial charge on any atom is -0.208 e. The summed E-state index contributed by atoms with van der Waals surface area (Å²) in [6, 6.07) is 54.3. The predicted octanol–water partition coefficient (Wildman–Crippen LogP) is 11.8. The smallest absolute Gasteiger partial charge is 0.164 e. The van der Waals surface area contributed by atoms with E-state index in [1.165, 1.54) is 60.0 Å². The van der Waals surface area contributed by atoms with E-state index in [0.29, 0.717) is 17.5 Å². The van der Waals surface area contributed by atoms with Gasteiger partial charge in [0.25, 0.3) is 0 Å². The summed E-state index contributed by atoms with van der Waals surface area (Å²) in [5, 5.41) is 9.97. The first-order valence-corrected chi connectivity index (χ1v) is 16.9. The predicted molar refractivity (Wildman–Crippen MR) is 204 cm³/mol. The second kappa shape index (κ2) is 10.4. The Kier molecular flexibility index (Phi) is 5.92. The van der Waals surface area contributed by atoms with Crippen molar-refractivity contribution in [3.05, 3.63) is 163 Å². The number of aromatic nitrogens is 3. The van der Waals surface area contributed by atoms with Crippen molar-refractivity contribution < 1.29 is 0 Å². The number of hydrogen-bond acceptors (Lipinski definition) is 3. The van der Waals surface area contributed by atoms with Crippen molar-refractivity contribution in [3.8, 4) is 45.3 Å². The normalized spacial score (nSPS) is 13.3. The molecule has 1 heterocycles. The zero-order valence-electron chi connectivity index (χ0n) is 27.3. The Bertz CT molecular complexity index is 2800. The Morgan fingerprint density at radius 1 is 0.367 bits per heavy atom. The van der Waals surface area contributed by atoms with Crippen LogP contribution in [0, 0.1) is 0 Å². The van der Waals surface area contributed by atoms with Crippen molar-refractivity contribution in [2.75, 3.05) is 0 Å². The lowest BCUT2D eigenvalue weighted by Gasteiger charge is -2.21. The van der Waals surface area contributed by atoms with Gasteiger partial charge in [-0.2, -0.15) is 0 Å². The standard InChI is InChI=1S/C46H31N3/c1-46(2)40-15-9-8-14-37(40)38-24-21-33(27-41(38)46)45-48-43(30-11-4-3-5-12-30)47-44(49-45)32-20-22-35-31(26-32)17-16-29-19-23-36-34-13-7-6-10-28(34)18-25-39(36)42(29)35/h3-27H,1-2H3. The molecule has 0 spiro atoms. The maximum Gasteiger partial charge on any atom is 0.164 e. The molecule has 49 heavy (non-hydrogen) atoms. The molecule has 0 saturated heterocycles. The summed E-state index contributed by atoms with van der Waals surface area (Å²) in [5.74, 6) is 2.01. The molecule has 0 saturated carbocycles. The monoisotopic (exact) mass is 625 g/mol. The zero-order valence-corrected chi connectivity index (χ0v) is 27.3. The minimum absolute atomic E-state index is 0.113. The van der Waals surface area contributed by atoms with Gasteiger partial charge in [0.15, 0.2) is 17.5 Å². The summed E-state index contributed by atoms with van der Waals surface area (Å²) < 4.78 is 0. The second-order valence-electron chi connectivity index (χ2n) is 13.7. The third-order valence-electron chi connectivity index (χ3n) is 10.5. The van der Waals surface area contributed by atoms with Crippen LogP contribution in [0.2, 0.25) is 0 Å². The third-order valence-corrected chi connectivity index (χ3v) is 10.5. The highest BCUT2D eigenvalue weighted by Gasteiger charge is 2.35. The largest absolute Gasteiger partial charge is 0.208 e. The fourth-order valence-corrected chi connectivity index (χ4v) is 7.99. The zero-order chi connectivity index (χ0) is 32.7. The van der Waals surface area contributed by atoms with Crippen molar-refractivity contribution >= 4 is 43.1 Å². The first-order valence-electron chi connectivity index (χ1n) is 16.9. The highest BCUT2D eigenvalue weighted by molar-refractivity contribution is 6.24.